The first-order valence-corrected chi connectivity index (χ1v) is 5.81. The minimum absolute atomic E-state index is 0.298. The summed E-state index contributed by atoms with van der Waals surface area (Å²) < 4.78 is 18.2. The average molecular weight is 261 g/mol. The molecule has 0 atom stereocenters. The summed E-state index contributed by atoms with van der Waals surface area (Å²) in [7, 11) is 1.60. The van der Waals surface area contributed by atoms with E-state index in [1.54, 1.807) is 19.2 Å². The third-order valence-electron chi connectivity index (χ3n) is 2.41. The van der Waals surface area contributed by atoms with Crippen LogP contribution in [0, 0.1) is 5.82 Å². The standard InChI is InChI=1S/C14H12FNOS/c1-17-13-7-2-4-10(8-13)14(18)16-12-6-3-5-11(15)9-12/h2-9H,1H3,(H,16,18). The second-order valence-corrected chi connectivity index (χ2v) is 4.10. The molecule has 0 aromatic heterocycles. The molecular formula is C14H12FNOS. The fraction of sp³-hybridized carbons (Fsp3) is 0.0714. The summed E-state index contributed by atoms with van der Waals surface area (Å²) in [6, 6.07) is 13.6. The number of benzene rings is 2. The maximum atomic E-state index is 13.0. The number of nitrogens with one attached hydrogen (secondary N) is 1. The zero-order valence-corrected chi connectivity index (χ0v) is 10.6. The lowest BCUT2D eigenvalue weighted by Crippen LogP contribution is -2.10. The van der Waals surface area contributed by atoms with Crippen LogP contribution in [0.4, 0.5) is 10.1 Å². The molecule has 4 heteroatoms. The van der Waals surface area contributed by atoms with Crippen molar-refractivity contribution in [3.05, 3.63) is 59.9 Å². The van der Waals surface area contributed by atoms with Gasteiger partial charge in [-0.05, 0) is 30.3 Å². The van der Waals surface area contributed by atoms with Crippen LogP contribution < -0.4 is 10.1 Å². The Balaban J connectivity index is 2.16. The fourth-order valence-corrected chi connectivity index (χ4v) is 1.78. The minimum atomic E-state index is -0.298. The normalized spacial score (nSPS) is 9.89. The Morgan fingerprint density at radius 1 is 1.17 bits per heavy atom. The molecule has 18 heavy (non-hydrogen) atoms. The summed E-state index contributed by atoms with van der Waals surface area (Å²) in [5, 5.41) is 2.99. The van der Waals surface area contributed by atoms with Crippen molar-refractivity contribution in [1.29, 1.82) is 0 Å². The number of rotatable bonds is 3. The van der Waals surface area contributed by atoms with E-state index in [9.17, 15) is 4.39 Å². The molecule has 2 aromatic rings. The zero-order chi connectivity index (χ0) is 13.0. The molecule has 0 bridgehead atoms. The van der Waals surface area contributed by atoms with Crippen molar-refractivity contribution in [3.8, 4) is 5.75 Å². The van der Waals surface area contributed by atoms with E-state index >= 15 is 0 Å². The van der Waals surface area contributed by atoms with Crippen molar-refractivity contribution < 1.29 is 9.13 Å². The van der Waals surface area contributed by atoms with Crippen LogP contribution in [-0.4, -0.2) is 12.1 Å². The predicted molar refractivity (Wildman–Crippen MR) is 74.7 cm³/mol. The number of halogens is 1. The lowest BCUT2D eigenvalue weighted by Gasteiger charge is -2.09. The molecule has 0 fully saturated rings. The van der Waals surface area contributed by atoms with Gasteiger partial charge in [0.05, 0.1) is 7.11 Å². The lowest BCUT2D eigenvalue weighted by molar-refractivity contribution is 0.414. The van der Waals surface area contributed by atoms with Gasteiger partial charge in [-0.3, -0.25) is 0 Å². The molecule has 2 aromatic carbocycles. The minimum Gasteiger partial charge on any atom is -0.497 e. The predicted octanol–water partition coefficient (Wildman–Crippen LogP) is 3.62. The number of anilines is 1. The van der Waals surface area contributed by atoms with Gasteiger partial charge in [-0.25, -0.2) is 4.39 Å². The van der Waals surface area contributed by atoms with Crippen LogP contribution >= 0.6 is 12.2 Å². The van der Waals surface area contributed by atoms with E-state index in [-0.39, 0.29) is 5.82 Å². The summed E-state index contributed by atoms with van der Waals surface area (Å²) in [6.45, 7) is 0. The first-order valence-electron chi connectivity index (χ1n) is 5.40. The molecule has 0 aliphatic rings. The maximum absolute atomic E-state index is 13.0. The quantitative estimate of drug-likeness (QED) is 0.853. The smallest absolute Gasteiger partial charge is 0.125 e. The van der Waals surface area contributed by atoms with E-state index in [0.29, 0.717) is 10.7 Å². The average Bonchev–Trinajstić information content (AvgIpc) is 2.39. The van der Waals surface area contributed by atoms with Gasteiger partial charge in [0.1, 0.15) is 16.6 Å². The summed E-state index contributed by atoms with van der Waals surface area (Å²) in [6.07, 6.45) is 0. The fourth-order valence-electron chi connectivity index (χ4n) is 1.53. The van der Waals surface area contributed by atoms with Crippen LogP contribution in [0.15, 0.2) is 48.5 Å². The van der Waals surface area contributed by atoms with E-state index < -0.39 is 0 Å². The Kier molecular flexibility index (Phi) is 3.89. The van der Waals surface area contributed by atoms with Gasteiger partial charge in [-0.1, -0.05) is 30.4 Å². The molecule has 1 N–H and O–H groups in total. The van der Waals surface area contributed by atoms with Gasteiger partial charge < -0.3 is 10.1 Å². The monoisotopic (exact) mass is 261 g/mol. The molecule has 0 aliphatic heterocycles. The molecule has 0 aliphatic carbocycles. The van der Waals surface area contributed by atoms with Gasteiger partial charge in [0, 0.05) is 11.3 Å². The maximum Gasteiger partial charge on any atom is 0.125 e. The number of hydrogen-bond acceptors (Lipinski definition) is 2. The molecule has 0 radical (unpaired) electrons. The van der Waals surface area contributed by atoms with E-state index in [2.05, 4.69) is 5.32 Å². The molecule has 2 rings (SSSR count). The highest BCUT2D eigenvalue weighted by Gasteiger charge is 2.03. The topological polar surface area (TPSA) is 21.3 Å². The van der Waals surface area contributed by atoms with Gasteiger partial charge in [-0.15, -0.1) is 0 Å². The molecule has 0 spiro atoms. The van der Waals surface area contributed by atoms with Crippen LogP contribution in [0.5, 0.6) is 5.75 Å². The number of methoxy groups -OCH3 is 1. The van der Waals surface area contributed by atoms with Crippen LogP contribution in [0.25, 0.3) is 0 Å². The summed E-state index contributed by atoms with van der Waals surface area (Å²) in [4.78, 5) is 0.527. The van der Waals surface area contributed by atoms with Gasteiger partial charge in [0.25, 0.3) is 0 Å². The highest BCUT2D eigenvalue weighted by Crippen LogP contribution is 2.16. The number of hydrogen-bond donors (Lipinski definition) is 1. The van der Waals surface area contributed by atoms with E-state index in [1.807, 2.05) is 24.3 Å². The second-order valence-electron chi connectivity index (χ2n) is 3.70. The van der Waals surface area contributed by atoms with E-state index in [1.165, 1.54) is 12.1 Å². The Bertz CT molecular complexity index is 571. The molecular weight excluding hydrogens is 249 g/mol. The van der Waals surface area contributed by atoms with Crippen molar-refractivity contribution in [2.45, 2.75) is 0 Å². The third kappa shape index (κ3) is 3.05. The van der Waals surface area contributed by atoms with Crippen molar-refractivity contribution >= 4 is 22.9 Å². The van der Waals surface area contributed by atoms with Crippen LogP contribution in [0.3, 0.4) is 0 Å². The van der Waals surface area contributed by atoms with Gasteiger partial charge in [0.15, 0.2) is 0 Å². The van der Waals surface area contributed by atoms with Crippen molar-refractivity contribution in [1.82, 2.24) is 0 Å². The molecule has 0 unspecified atom stereocenters. The Morgan fingerprint density at radius 3 is 2.67 bits per heavy atom. The van der Waals surface area contributed by atoms with Gasteiger partial charge in [-0.2, -0.15) is 0 Å². The lowest BCUT2D eigenvalue weighted by atomic mass is 10.2. The highest BCUT2D eigenvalue weighted by molar-refractivity contribution is 7.81. The Morgan fingerprint density at radius 2 is 1.94 bits per heavy atom. The Labute approximate surface area is 110 Å². The SMILES string of the molecule is COc1cccc(C(=S)Nc2cccc(F)c2)c1. The van der Waals surface area contributed by atoms with Crippen molar-refractivity contribution in [2.24, 2.45) is 0 Å². The molecule has 0 amide bonds. The van der Waals surface area contributed by atoms with Gasteiger partial charge >= 0.3 is 0 Å². The van der Waals surface area contributed by atoms with Crippen LogP contribution in [0.1, 0.15) is 5.56 Å². The van der Waals surface area contributed by atoms with Gasteiger partial charge in [0.2, 0.25) is 0 Å². The Hall–Kier alpha value is -1.94. The van der Waals surface area contributed by atoms with Crippen LogP contribution in [0.2, 0.25) is 0 Å². The molecule has 0 heterocycles. The highest BCUT2D eigenvalue weighted by atomic mass is 32.1. The van der Waals surface area contributed by atoms with E-state index in [0.717, 1.165) is 11.3 Å². The first-order chi connectivity index (χ1) is 8.69. The van der Waals surface area contributed by atoms with Crippen LogP contribution in [-0.2, 0) is 0 Å². The van der Waals surface area contributed by atoms with E-state index in [4.69, 9.17) is 17.0 Å². The molecule has 0 saturated heterocycles. The first kappa shape index (κ1) is 12.5. The summed E-state index contributed by atoms with van der Waals surface area (Å²) in [5.41, 5.74) is 1.46. The molecule has 92 valence electrons. The molecule has 2 nitrogen and oxygen atoms in total. The largest absolute Gasteiger partial charge is 0.497 e. The summed E-state index contributed by atoms with van der Waals surface area (Å²) in [5.74, 6) is 0.435. The number of ether oxygens (including phenoxy) is 1. The third-order valence-corrected chi connectivity index (χ3v) is 2.75. The second kappa shape index (κ2) is 5.60. The van der Waals surface area contributed by atoms with Crippen molar-refractivity contribution in [3.63, 3.8) is 0 Å². The summed E-state index contributed by atoms with van der Waals surface area (Å²) >= 11 is 5.26. The van der Waals surface area contributed by atoms with Crippen molar-refractivity contribution in [2.75, 3.05) is 12.4 Å². The zero-order valence-electron chi connectivity index (χ0n) is 9.81. The number of thiocarbonyl (C=S) groups is 1. The molecule has 0 saturated carbocycles.